The van der Waals surface area contributed by atoms with E-state index in [1.165, 1.54) is 41.5 Å². The molecule has 0 saturated carbocycles. The van der Waals surface area contributed by atoms with Crippen molar-refractivity contribution in [3.8, 4) is 11.3 Å². The smallest absolute Gasteiger partial charge is 0.164 e. The van der Waals surface area contributed by atoms with E-state index in [0.717, 1.165) is 35.5 Å². The lowest BCUT2D eigenvalue weighted by atomic mass is 9.96. The number of aromatic nitrogens is 4. The van der Waals surface area contributed by atoms with Crippen molar-refractivity contribution in [3.05, 3.63) is 41.0 Å². The number of fused-ring (bicyclic) bond motifs is 1. The van der Waals surface area contributed by atoms with Crippen LogP contribution in [0.25, 0.3) is 22.4 Å². The average molecular weight is 365 g/mol. The highest BCUT2D eigenvalue weighted by molar-refractivity contribution is 5.89. The number of benzene rings is 1. The zero-order valence-corrected chi connectivity index (χ0v) is 17.6. The van der Waals surface area contributed by atoms with E-state index in [1.54, 1.807) is 0 Å². The molecule has 0 spiro atoms. The maximum atomic E-state index is 4.91. The average Bonchev–Trinajstić information content (AvgIpc) is 3.05. The topological polar surface area (TPSA) is 43.6 Å². The molecule has 4 nitrogen and oxygen atoms in total. The van der Waals surface area contributed by atoms with Crippen molar-refractivity contribution in [2.24, 2.45) is 0 Å². The third-order valence-corrected chi connectivity index (χ3v) is 5.45. The number of imidazole rings is 1. The van der Waals surface area contributed by atoms with Gasteiger partial charge >= 0.3 is 0 Å². The molecule has 144 valence electrons. The monoisotopic (exact) mass is 364 g/mol. The van der Waals surface area contributed by atoms with Crippen LogP contribution in [0.1, 0.15) is 75.0 Å². The summed E-state index contributed by atoms with van der Waals surface area (Å²) in [5.74, 6) is 0.893. The third kappa shape index (κ3) is 3.76. The standard InChI is InChI=1S/C23H32N4/c1-7-10-11-18(8-2)27-14-24-22-21(25-19(9-3)26-23(22)27)20-16(5)12-15(4)13-17(20)6/h12-14,18H,7-11H2,1-6H3. The predicted molar refractivity (Wildman–Crippen MR) is 113 cm³/mol. The summed E-state index contributed by atoms with van der Waals surface area (Å²) in [7, 11) is 0. The van der Waals surface area contributed by atoms with Crippen LogP contribution in [0.5, 0.6) is 0 Å². The molecular weight excluding hydrogens is 332 g/mol. The summed E-state index contributed by atoms with van der Waals surface area (Å²) in [6, 6.07) is 4.91. The molecule has 0 aliphatic rings. The van der Waals surface area contributed by atoms with Gasteiger partial charge in [-0.2, -0.15) is 0 Å². The number of aryl methyl sites for hydroxylation is 4. The lowest BCUT2D eigenvalue weighted by Crippen LogP contribution is -2.09. The van der Waals surface area contributed by atoms with Gasteiger partial charge in [-0.3, -0.25) is 0 Å². The van der Waals surface area contributed by atoms with Gasteiger partial charge in [0.15, 0.2) is 5.65 Å². The van der Waals surface area contributed by atoms with E-state index in [0.29, 0.717) is 6.04 Å². The Morgan fingerprint density at radius 2 is 1.70 bits per heavy atom. The Morgan fingerprint density at radius 3 is 2.30 bits per heavy atom. The number of hydrogen-bond acceptors (Lipinski definition) is 3. The van der Waals surface area contributed by atoms with Crippen molar-refractivity contribution in [1.82, 2.24) is 19.5 Å². The largest absolute Gasteiger partial charge is 0.312 e. The van der Waals surface area contributed by atoms with Crippen LogP contribution in [0.2, 0.25) is 0 Å². The van der Waals surface area contributed by atoms with Gasteiger partial charge in [0.25, 0.3) is 0 Å². The molecule has 0 N–H and O–H groups in total. The van der Waals surface area contributed by atoms with Crippen molar-refractivity contribution in [3.63, 3.8) is 0 Å². The maximum absolute atomic E-state index is 4.91. The van der Waals surface area contributed by atoms with Crippen molar-refractivity contribution < 1.29 is 0 Å². The van der Waals surface area contributed by atoms with Crippen LogP contribution >= 0.6 is 0 Å². The summed E-state index contributed by atoms with van der Waals surface area (Å²) in [5.41, 5.74) is 7.89. The van der Waals surface area contributed by atoms with Crippen molar-refractivity contribution in [2.45, 2.75) is 79.7 Å². The zero-order valence-electron chi connectivity index (χ0n) is 17.6. The molecule has 2 aromatic heterocycles. The summed E-state index contributed by atoms with van der Waals surface area (Å²) in [6.45, 7) is 13.1. The fourth-order valence-corrected chi connectivity index (χ4v) is 4.09. The van der Waals surface area contributed by atoms with Crippen LogP contribution in [0.3, 0.4) is 0 Å². The molecule has 1 unspecified atom stereocenters. The quantitative estimate of drug-likeness (QED) is 0.507. The van der Waals surface area contributed by atoms with Gasteiger partial charge in [0, 0.05) is 18.0 Å². The van der Waals surface area contributed by atoms with E-state index in [9.17, 15) is 0 Å². The van der Waals surface area contributed by atoms with Crippen molar-refractivity contribution in [2.75, 3.05) is 0 Å². The van der Waals surface area contributed by atoms with Crippen LogP contribution in [-0.2, 0) is 6.42 Å². The molecule has 3 aromatic rings. The Bertz CT molecular complexity index is 916. The SMILES string of the molecule is CCCCC(CC)n1cnc2c(-c3c(C)cc(C)cc3C)nc(CC)nc21. The first-order chi connectivity index (χ1) is 13.0. The van der Waals surface area contributed by atoms with Crippen molar-refractivity contribution in [1.29, 1.82) is 0 Å². The first-order valence-electron chi connectivity index (χ1n) is 10.3. The van der Waals surface area contributed by atoms with E-state index in [2.05, 4.69) is 58.2 Å². The first-order valence-corrected chi connectivity index (χ1v) is 10.3. The van der Waals surface area contributed by atoms with Gasteiger partial charge in [0.2, 0.25) is 0 Å². The second-order valence-corrected chi connectivity index (χ2v) is 7.64. The lowest BCUT2D eigenvalue weighted by Gasteiger charge is -2.17. The minimum Gasteiger partial charge on any atom is -0.312 e. The molecule has 2 heterocycles. The Labute approximate surface area is 163 Å². The number of nitrogens with zero attached hydrogens (tertiary/aromatic N) is 4. The van der Waals surface area contributed by atoms with E-state index in [-0.39, 0.29) is 0 Å². The van der Waals surface area contributed by atoms with Gasteiger partial charge in [-0.15, -0.1) is 0 Å². The third-order valence-electron chi connectivity index (χ3n) is 5.45. The van der Waals surface area contributed by atoms with Crippen LogP contribution in [0, 0.1) is 20.8 Å². The van der Waals surface area contributed by atoms with E-state index >= 15 is 0 Å². The fraction of sp³-hybridized carbons (Fsp3) is 0.522. The fourth-order valence-electron chi connectivity index (χ4n) is 4.09. The summed E-state index contributed by atoms with van der Waals surface area (Å²) in [6.07, 6.45) is 7.50. The van der Waals surface area contributed by atoms with E-state index in [4.69, 9.17) is 15.0 Å². The summed E-state index contributed by atoms with van der Waals surface area (Å²) >= 11 is 0. The second kappa shape index (κ2) is 8.20. The molecule has 3 rings (SSSR count). The summed E-state index contributed by atoms with van der Waals surface area (Å²) in [4.78, 5) is 14.6. The Hall–Kier alpha value is -2.23. The van der Waals surface area contributed by atoms with E-state index < -0.39 is 0 Å². The molecule has 0 aliphatic heterocycles. The van der Waals surface area contributed by atoms with Crippen LogP contribution in [-0.4, -0.2) is 19.5 Å². The molecule has 27 heavy (non-hydrogen) atoms. The summed E-state index contributed by atoms with van der Waals surface area (Å²) < 4.78 is 2.29. The maximum Gasteiger partial charge on any atom is 0.164 e. The summed E-state index contributed by atoms with van der Waals surface area (Å²) in [5, 5.41) is 0. The number of unbranched alkanes of at least 4 members (excludes halogenated alkanes) is 1. The predicted octanol–water partition coefficient (Wildman–Crippen LogP) is 6.12. The molecule has 0 aliphatic carbocycles. The van der Waals surface area contributed by atoms with Crippen LogP contribution in [0.15, 0.2) is 18.5 Å². The molecule has 1 aromatic carbocycles. The number of hydrogen-bond donors (Lipinski definition) is 0. The van der Waals surface area contributed by atoms with Crippen molar-refractivity contribution >= 4 is 11.2 Å². The highest BCUT2D eigenvalue weighted by Crippen LogP contribution is 2.33. The molecule has 0 fully saturated rings. The van der Waals surface area contributed by atoms with Gasteiger partial charge in [-0.25, -0.2) is 15.0 Å². The van der Waals surface area contributed by atoms with Gasteiger partial charge in [0.1, 0.15) is 17.0 Å². The van der Waals surface area contributed by atoms with Gasteiger partial charge in [0.05, 0.1) is 6.33 Å². The minimum atomic E-state index is 0.447. The highest BCUT2D eigenvalue weighted by atomic mass is 15.1. The first kappa shape index (κ1) is 19.5. The highest BCUT2D eigenvalue weighted by Gasteiger charge is 2.20. The van der Waals surface area contributed by atoms with Crippen LogP contribution < -0.4 is 0 Å². The molecule has 1 atom stereocenters. The molecular formula is C23H32N4. The molecule has 0 amide bonds. The second-order valence-electron chi connectivity index (χ2n) is 7.64. The Balaban J connectivity index is 2.23. The Morgan fingerprint density at radius 1 is 1.00 bits per heavy atom. The van der Waals surface area contributed by atoms with Gasteiger partial charge < -0.3 is 4.57 Å². The molecule has 0 bridgehead atoms. The normalized spacial score (nSPS) is 12.7. The van der Waals surface area contributed by atoms with Gasteiger partial charge in [-0.05, 0) is 44.7 Å². The zero-order chi connectivity index (χ0) is 19.6. The molecule has 0 saturated heterocycles. The van der Waals surface area contributed by atoms with Crippen LogP contribution in [0.4, 0.5) is 0 Å². The molecule has 4 heteroatoms. The van der Waals surface area contributed by atoms with E-state index in [1.807, 2.05) is 6.33 Å². The molecule has 0 radical (unpaired) electrons. The van der Waals surface area contributed by atoms with Gasteiger partial charge in [-0.1, -0.05) is 51.3 Å². The number of rotatable bonds is 7. The lowest BCUT2D eigenvalue weighted by molar-refractivity contribution is 0.443. The minimum absolute atomic E-state index is 0.447. The Kier molecular flexibility index (Phi) is 5.93.